The van der Waals surface area contributed by atoms with Crippen molar-refractivity contribution in [2.75, 3.05) is 11.9 Å². The molecule has 0 saturated carbocycles. The van der Waals surface area contributed by atoms with E-state index in [0.717, 1.165) is 10.2 Å². The van der Waals surface area contributed by atoms with Crippen LogP contribution in [0.15, 0.2) is 53.0 Å². The number of hydrogen-bond acceptors (Lipinski definition) is 3. The Morgan fingerprint density at radius 3 is 2.52 bits per heavy atom. The summed E-state index contributed by atoms with van der Waals surface area (Å²) in [6, 6.07) is 14.5. The van der Waals surface area contributed by atoms with E-state index in [9.17, 15) is 9.59 Å². The van der Waals surface area contributed by atoms with Gasteiger partial charge in [-0.2, -0.15) is 0 Å². The second-order valence-corrected chi connectivity index (χ2v) is 6.01. The highest BCUT2D eigenvalue weighted by Crippen LogP contribution is 2.18. The Hall–Kier alpha value is -2.14. The van der Waals surface area contributed by atoms with E-state index in [1.807, 2.05) is 24.3 Å². The zero-order valence-corrected chi connectivity index (χ0v) is 14.4. The largest absolute Gasteiger partial charge is 0.494 e. The molecule has 1 amide bonds. The molecule has 5 heteroatoms. The predicted molar refractivity (Wildman–Crippen MR) is 93.9 cm³/mol. The number of halogens is 1. The van der Waals surface area contributed by atoms with Gasteiger partial charge < -0.3 is 10.1 Å². The maximum absolute atomic E-state index is 11.9. The molecule has 2 rings (SSSR count). The van der Waals surface area contributed by atoms with Crippen molar-refractivity contribution in [2.24, 2.45) is 0 Å². The Morgan fingerprint density at radius 1 is 1.13 bits per heavy atom. The average Bonchev–Trinajstić information content (AvgIpc) is 2.52. The van der Waals surface area contributed by atoms with E-state index in [1.165, 1.54) is 6.92 Å². The molecule has 0 aliphatic heterocycles. The minimum Gasteiger partial charge on any atom is -0.494 e. The van der Waals surface area contributed by atoms with Crippen LogP contribution in [0.4, 0.5) is 5.69 Å². The fourth-order valence-electron chi connectivity index (χ4n) is 1.99. The molecule has 4 nitrogen and oxygen atoms in total. The fraction of sp³-hybridized carbons (Fsp3) is 0.222. The van der Waals surface area contributed by atoms with Crippen molar-refractivity contribution >= 4 is 33.3 Å². The van der Waals surface area contributed by atoms with E-state index in [1.54, 1.807) is 24.3 Å². The van der Waals surface area contributed by atoms with Gasteiger partial charge in [0.15, 0.2) is 5.78 Å². The van der Waals surface area contributed by atoms with Gasteiger partial charge in [-0.25, -0.2) is 0 Å². The number of ketones is 1. The first-order valence-corrected chi connectivity index (χ1v) is 8.13. The molecule has 2 aromatic rings. The lowest BCUT2D eigenvalue weighted by Crippen LogP contribution is -2.12. The van der Waals surface area contributed by atoms with Gasteiger partial charge >= 0.3 is 0 Å². The van der Waals surface area contributed by atoms with E-state index < -0.39 is 0 Å². The highest BCUT2D eigenvalue weighted by molar-refractivity contribution is 9.10. The molecule has 0 saturated heterocycles. The normalized spacial score (nSPS) is 10.2. The quantitative estimate of drug-likeness (QED) is 0.574. The molecule has 0 aliphatic carbocycles. The molecular weight excluding hydrogens is 358 g/mol. The number of carbonyl (C=O) groups is 2. The van der Waals surface area contributed by atoms with Gasteiger partial charge in [0.25, 0.3) is 0 Å². The summed E-state index contributed by atoms with van der Waals surface area (Å²) in [5.41, 5.74) is 1.32. The summed E-state index contributed by atoms with van der Waals surface area (Å²) in [7, 11) is 0. The summed E-state index contributed by atoms with van der Waals surface area (Å²) in [6.07, 6.45) is 1.01. The van der Waals surface area contributed by atoms with Crippen LogP contribution in [0.2, 0.25) is 0 Å². The van der Waals surface area contributed by atoms with Gasteiger partial charge in [0, 0.05) is 22.1 Å². The van der Waals surface area contributed by atoms with Gasteiger partial charge in [0.05, 0.1) is 6.61 Å². The topological polar surface area (TPSA) is 55.4 Å². The van der Waals surface area contributed by atoms with Crippen molar-refractivity contribution in [3.8, 4) is 5.75 Å². The third kappa shape index (κ3) is 5.87. The van der Waals surface area contributed by atoms with Crippen molar-refractivity contribution in [1.82, 2.24) is 0 Å². The lowest BCUT2D eigenvalue weighted by molar-refractivity contribution is -0.116. The molecule has 0 aromatic heterocycles. The zero-order valence-electron chi connectivity index (χ0n) is 12.8. The Balaban J connectivity index is 1.71. The van der Waals surface area contributed by atoms with Crippen LogP contribution in [-0.4, -0.2) is 18.3 Å². The van der Waals surface area contributed by atoms with Crippen LogP contribution in [0.25, 0.3) is 0 Å². The van der Waals surface area contributed by atoms with Crippen LogP contribution in [0, 0.1) is 0 Å². The molecular formula is C18H18BrNO3. The summed E-state index contributed by atoms with van der Waals surface area (Å²) in [4.78, 5) is 23.0. The van der Waals surface area contributed by atoms with Crippen LogP contribution in [0.3, 0.4) is 0 Å². The molecule has 0 fully saturated rings. The monoisotopic (exact) mass is 375 g/mol. The number of carbonyl (C=O) groups excluding carboxylic acids is 2. The molecule has 0 atom stereocenters. The smallest absolute Gasteiger partial charge is 0.224 e. The molecule has 2 aromatic carbocycles. The van der Waals surface area contributed by atoms with Crippen LogP contribution in [0.1, 0.15) is 30.1 Å². The maximum atomic E-state index is 11.9. The number of anilines is 1. The number of Topliss-reactive ketones (excluding diaryl/α,β-unsaturated/α-hetero) is 1. The third-order valence-corrected chi connectivity index (χ3v) is 3.68. The Kier molecular flexibility index (Phi) is 6.35. The number of nitrogens with one attached hydrogen (secondary N) is 1. The minimum absolute atomic E-state index is 0.00701. The summed E-state index contributed by atoms with van der Waals surface area (Å²) < 4.78 is 6.54. The second kappa shape index (κ2) is 8.48. The van der Waals surface area contributed by atoms with Crippen molar-refractivity contribution < 1.29 is 14.3 Å². The van der Waals surface area contributed by atoms with Gasteiger partial charge in [-0.15, -0.1) is 0 Å². The molecule has 120 valence electrons. The number of amides is 1. The van der Waals surface area contributed by atoms with Gasteiger partial charge in [0.1, 0.15) is 5.75 Å². The van der Waals surface area contributed by atoms with Crippen LogP contribution >= 0.6 is 15.9 Å². The van der Waals surface area contributed by atoms with Crippen molar-refractivity contribution in [2.45, 2.75) is 19.8 Å². The van der Waals surface area contributed by atoms with E-state index in [0.29, 0.717) is 30.7 Å². The summed E-state index contributed by atoms with van der Waals surface area (Å²) in [6.45, 7) is 1.99. The number of benzene rings is 2. The van der Waals surface area contributed by atoms with Gasteiger partial charge in [-0.1, -0.05) is 22.0 Å². The highest BCUT2D eigenvalue weighted by atomic mass is 79.9. The Bertz CT molecular complexity index is 683. The van der Waals surface area contributed by atoms with Gasteiger partial charge in [-0.05, 0) is 55.8 Å². The zero-order chi connectivity index (χ0) is 16.7. The SMILES string of the molecule is CC(=O)c1ccc(NC(=O)CCCOc2cccc(Br)c2)cc1. The standard InChI is InChI=1S/C18H18BrNO3/c1-13(21)14-7-9-16(10-8-14)20-18(22)6-3-11-23-17-5-2-4-15(19)12-17/h2,4-5,7-10,12H,3,6,11H2,1H3,(H,20,22). The average molecular weight is 376 g/mol. The summed E-state index contributed by atoms with van der Waals surface area (Å²) in [5, 5.41) is 2.80. The van der Waals surface area contributed by atoms with E-state index >= 15 is 0 Å². The lowest BCUT2D eigenvalue weighted by Gasteiger charge is -2.08. The van der Waals surface area contributed by atoms with Crippen molar-refractivity contribution in [3.63, 3.8) is 0 Å². The third-order valence-electron chi connectivity index (χ3n) is 3.19. The number of hydrogen-bond donors (Lipinski definition) is 1. The molecule has 23 heavy (non-hydrogen) atoms. The van der Waals surface area contributed by atoms with Gasteiger partial charge in [0.2, 0.25) is 5.91 Å². The van der Waals surface area contributed by atoms with Crippen LogP contribution in [0.5, 0.6) is 5.75 Å². The maximum Gasteiger partial charge on any atom is 0.224 e. The fourth-order valence-corrected chi connectivity index (χ4v) is 2.37. The van der Waals surface area contributed by atoms with Crippen LogP contribution < -0.4 is 10.1 Å². The number of ether oxygens (including phenoxy) is 1. The van der Waals surface area contributed by atoms with E-state index in [-0.39, 0.29) is 11.7 Å². The predicted octanol–water partition coefficient (Wildman–Crippen LogP) is 4.45. The van der Waals surface area contributed by atoms with E-state index in [2.05, 4.69) is 21.2 Å². The Morgan fingerprint density at radius 2 is 1.87 bits per heavy atom. The summed E-state index contributed by atoms with van der Waals surface area (Å²) in [5.74, 6) is 0.714. The molecule has 0 aliphatic rings. The summed E-state index contributed by atoms with van der Waals surface area (Å²) >= 11 is 3.38. The van der Waals surface area contributed by atoms with E-state index in [4.69, 9.17) is 4.74 Å². The Labute approximate surface area is 144 Å². The molecule has 0 bridgehead atoms. The molecule has 1 N–H and O–H groups in total. The van der Waals surface area contributed by atoms with Crippen molar-refractivity contribution in [3.05, 3.63) is 58.6 Å². The molecule has 0 spiro atoms. The second-order valence-electron chi connectivity index (χ2n) is 5.09. The first kappa shape index (κ1) is 17.2. The lowest BCUT2D eigenvalue weighted by atomic mass is 10.1. The van der Waals surface area contributed by atoms with Crippen molar-refractivity contribution in [1.29, 1.82) is 0 Å². The first-order chi connectivity index (χ1) is 11.0. The van der Waals surface area contributed by atoms with Crippen LogP contribution in [-0.2, 0) is 4.79 Å². The molecule has 0 radical (unpaired) electrons. The number of rotatable bonds is 7. The first-order valence-electron chi connectivity index (χ1n) is 7.34. The molecule has 0 unspecified atom stereocenters. The molecule has 0 heterocycles. The van der Waals surface area contributed by atoms with Gasteiger partial charge in [-0.3, -0.25) is 9.59 Å². The highest BCUT2D eigenvalue weighted by Gasteiger charge is 2.04. The minimum atomic E-state index is -0.0709.